The molecule has 1 saturated heterocycles. The number of hydrogen-bond acceptors (Lipinski definition) is 5. The van der Waals surface area contributed by atoms with Gasteiger partial charge in [-0.3, -0.25) is 19.4 Å². The van der Waals surface area contributed by atoms with Gasteiger partial charge in [-0.05, 0) is 41.8 Å². The van der Waals surface area contributed by atoms with E-state index in [0.29, 0.717) is 16.9 Å². The van der Waals surface area contributed by atoms with Crippen molar-refractivity contribution in [1.82, 2.24) is 20.2 Å². The Hall–Kier alpha value is -3.72. The molecule has 2 aromatic carbocycles. The number of nitrogens with one attached hydrogen (secondary N) is 2. The van der Waals surface area contributed by atoms with Crippen LogP contribution >= 0.6 is 0 Å². The first-order chi connectivity index (χ1) is 15.4. The molecule has 2 N–H and O–H groups in total. The first kappa shape index (κ1) is 21.5. The number of hydrogen-bond donors (Lipinski definition) is 2. The summed E-state index contributed by atoms with van der Waals surface area (Å²) in [5, 5.41) is 4.38. The lowest BCUT2D eigenvalue weighted by molar-refractivity contribution is -0.133. The first-order valence-electron chi connectivity index (χ1n) is 10.3. The molecule has 0 saturated carbocycles. The Kier molecular flexibility index (Phi) is 5.91. The van der Waals surface area contributed by atoms with E-state index in [0.717, 1.165) is 16.9 Å². The molecule has 0 spiro atoms. The maximum Gasteiger partial charge on any atom is 0.331 e. The molecule has 1 fully saturated rings. The fraction of sp³-hybridized carbons (Fsp3) is 0.261. The third-order valence-corrected chi connectivity index (χ3v) is 5.44. The summed E-state index contributed by atoms with van der Waals surface area (Å²) in [6, 6.07) is 11.7. The van der Waals surface area contributed by atoms with E-state index in [1.807, 2.05) is 31.2 Å². The van der Waals surface area contributed by atoms with Crippen molar-refractivity contribution in [2.24, 2.45) is 0 Å². The van der Waals surface area contributed by atoms with Crippen LogP contribution in [-0.4, -0.2) is 52.3 Å². The normalized spacial score (nSPS) is 18.0. The van der Waals surface area contributed by atoms with E-state index in [1.165, 1.54) is 29.2 Å². The van der Waals surface area contributed by atoms with Crippen molar-refractivity contribution >= 4 is 23.5 Å². The van der Waals surface area contributed by atoms with E-state index in [9.17, 15) is 18.8 Å². The fourth-order valence-electron chi connectivity index (χ4n) is 3.74. The van der Waals surface area contributed by atoms with Crippen molar-refractivity contribution in [3.8, 4) is 0 Å². The molecule has 0 radical (unpaired) electrons. The smallest absolute Gasteiger partial charge is 0.325 e. The summed E-state index contributed by atoms with van der Waals surface area (Å²) < 4.78 is 13.2. The maximum atomic E-state index is 13.2. The topological polar surface area (TPSA) is 85.0 Å². The highest BCUT2D eigenvalue weighted by Gasteiger charge is 2.46. The number of imide groups is 1. The second-order valence-corrected chi connectivity index (χ2v) is 7.75. The number of carbonyl (C=O) groups is 3. The van der Waals surface area contributed by atoms with E-state index in [-0.39, 0.29) is 19.0 Å². The number of urea groups is 1. The zero-order valence-electron chi connectivity index (χ0n) is 17.8. The Morgan fingerprint density at radius 2 is 1.69 bits per heavy atom. The number of halogens is 1. The lowest BCUT2D eigenvalue weighted by Gasteiger charge is -2.37. The largest absolute Gasteiger partial charge is 0.331 e. The van der Waals surface area contributed by atoms with Gasteiger partial charge in [-0.25, -0.2) is 14.6 Å². The van der Waals surface area contributed by atoms with Crippen molar-refractivity contribution in [3.05, 3.63) is 77.4 Å². The molecule has 166 valence electrons. The molecule has 0 aliphatic carbocycles. The van der Waals surface area contributed by atoms with Gasteiger partial charge in [-0.1, -0.05) is 31.2 Å². The first-order valence-corrected chi connectivity index (χ1v) is 10.3. The molecule has 32 heavy (non-hydrogen) atoms. The monoisotopic (exact) mass is 437 g/mol. The minimum atomic E-state index is -0.783. The molecule has 0 aromatic heterocycles. The predicted octanol–water partition coefficient (Wildman–Crippen LogP) is 2.45. The van der Waals surface area contributed by atoms with E-state index in [1.54, 1.807) is 18.3 Å². The van der Waals surface area contributed by atoms with Crippen molar-refractivity contribution in [2.45, 2.75) is 25.9 Å². The minimum Gasteiger partial charge on any atom is -0.325 e. The van der Waals surface area contributed by atoms with Crippen LogP contribution in [0.2, 0.25) is 0 Å². The van der Waals surface area contributed by atoms with Crippen LogP contribution in [0.15, 0.2) is 60.4 Å². The molecule has 4 rings (SSSR count). The third-order valence-electron chi connectivity index (χ3n) is 5.44. The lowest BCUT2D eigenvalue weighted by atomic mass is 10.1. The Morgan fingerprint density at radius 1 is 1.03 bits per heavy atom. The van der Waals surface area contributed by atoms with Gasteiger partial charge in [0, 0.05) is 18.9 Å². The van der Waals surface area contributed by atoms with Gasteiger partial charge in [0.25, 0.3) is 5.91 Å². The van der Waals surface area contributed by atoms with Crippen molar-refractivity contribution in [3.63, 3.8) is 0 Å². The number of nitrogens with zero attached hydrogens (tertiary/aromatic N) is 3. The summed E-state index contributed by atoms with van der Waals surface area (Å²) in [6.07, 6.45) is 2.52. The number of benzene rings is 2. The summed E-state index contributed by atoms with van der Waals surface area (Å²) in [5.41, 5.74) is 5.77. The summed E-state index contributed by atoms with van der Waals surface area (Å²) in [5.74, 6) is -1.21. The molecule has 0 bridgehead atoms. The highest BCUT2D eigenvalue weighted by atomic mass is 19.1. The number of fused-ring (bicyclic) bond motifs is 1. The molecule has 2 aliphatic heterocycles. The molecule has 8 nitrogen and oxygen atoms in total. The van der Waals surface area contributed by atoms with Gasteiger partial charge in [0.05, 0.1) is 12.2 Å². The van der Waals surface area contributed by atoms with Crippen LogP contribution in [0.25, 0.3) is 0 Å². The van der Waals surface area contributed by atoms with Gasteiger partial charge in [-0.15, -0.1) is 0 Å². The third kappa shape index (κ3) is 4.33. The van der Waals surface area contributed by atoms with Crippen LogP contribution in [0, 0.1) is 5.82 Å². The minimum absolute atomic E-state index is 0.0241. The molecule has 9 heteroatoms. The number of hydrazine groups is 1. The number of anilines is 1. The highest BCUT2D eigenvalue weighted by Crippen LogP contribution is 2.27. The van der Waals surface area contributed by atoms with E-state index in [4.69, 9.17) is 0 Å². The van der Waals surface area contributed by atoms with Gasteiger partial charge in [0.1, 0.15) is 18.4 Å². The number of carbonyl (C=O) groups excluding carboxylic acids is 3. The average Bonchev–Trinajstić information content (AvgIpc) is 3.18. The Morgan fingerprint density at radius 3 is 2.34 bits per heavy atom. The van der Waals surface area contributed by atoms with Gasteiger partial charge in [-0.2, -0.15) is 0 Å². The lowest BCUT2D eigenvalue weighted by Crippen LogP contribution is -2.60. The van der Waals surface area contributed by atoms with Crippen molar-refractivity contribution in [2.75, 3.05) is 18.9 Å². The second-order valence-electron chi connectivity index (χ2n) is 7.75. The highest BCUT2D eigenvalue weighted by molar-refractivity contribution is 6.05. The number of aryl methyl sites for hydroxylation is 1. The Bertz CT molecular complexity index is 1070. The number of amides is 4. The van der Waals surface area contributed by atoms with Crippen LogP contribution in [0.5, 0.6) is 0 Å². The van der Waals surface area contributed by atoms with Crippen LogP contribution < -0.4 is 10.7 Å². The average molecular weight is 437 g/mol. The van der Waals surface area contributed by atoms with Gasteiger partial charge in [0.15, 0.2) is 0 Å². The molecular weight excluding hydrogens is 413 g/mol. The van der Waals surface area contributed by atoms with E-state index < -0.39 is 23.8 Å². The number of rotatable bonds is 6. The summed E-state index contributed by atoms with van der Waals surface area (Å²) in [6.45, 7) is 1.77. The Balaban J connectivity index is 1.53. The summed E-state index contributed by atoms with van der Waals surface area (Å²) >= 11 is 0. The second kappa shape index (κ2) is 8.80. The summed E-state index contributed by atoms with van der Waals surface area (Å²) in [7, 11) is 1.71. The fourth-order valence-corrected chi connectivity index (χ4v) is 3.74. The Labute approximate surface area is 185 Å². The molecule has 1 atom stereocenters. The van der Waals surface area contributed by atoms with E-state index >= 15 is 0 Å². The molecule has 1 unspecified atom stereocenters. The van der Waals surface area contributed by atoms with Crippen LogP contribution in [-0.2, 0) is 22.6 Å². The molecule has 2 heterocycles. The van der Waals surface area contributed by atoms with E-state index in [2.05, 4.69) is 10.7 Å². The maximum absolute atomic E-state index is 13.2. The zero-order chi connectivity index (χ0) is 22.8. The van der Waals surface area contributed by atoms with Crippen molar-refractivity contribution < 1.29 is 18.8 Å². The zero-order valence-corrected chi connectivity index (χ0v) is 17.8. The predicted molar refractivity (Wildman–Crippen MR) is 116 cm³/mol. The van der Waals surface area contributed by atoms with Gasteiger partial charge >= 0.3 is 6.03 Å². The van der Waals surface area contributed by atoms with Crippen LogP contribution in [0.1, 0.15) is 18.1 Å². The molecular formula is C23H24FN5O3. The standard InChI is InChI=1S/C23H24FN5O3/c1-3-15-6-10-18(11-7-15)25-20(30)14-28-19-13-27(2)26-21(19)22(31)29(23(28)32)12-16-4-8-17(24)9-5-16/h4-11,13,21,26H,3,12,14H2,1-2H3,(H,25,30). The van der Waals surface area contributed by atoms with Crippen molar-refractivity contribution in [1.29, 1.82) is 0 Å². The van der Waals surface area contributed by atoms with Gasteiger partial charge in [0.2, 0.25) is 5.91 Å². The van der Waals surface area contributed by atoms with Gasteiger partial charge < -0.3 is 10.3 Å². The quantitative estimate of drug-likeness (QED) is 0.725. The van der Waals surface area contributed by atoms with Crippen LogP contribution in [0.3, 0.4) is 0 Å². The molecule has 2 aromatic rings. The molecule has 2 aliphatic rings. The summed E-state index contributed by atoms with van der Waals surface area (Å²) in [4.78, 5) is 41.3. The molecule has 4 amide bonds. The SMILES string of the molecule is CCc1ccc(NC(=O)CN2C(=O)N(Cc3ccc(F)cc3)C(=O)C3NN(C)C=C32)cc1. The van der Waals surface area contributed by atoms with Crippen LogP contribution in [0.4, 0.5) is 14.9 Å².